The second-order valence-electron chi connectivity index (χ2n) is 5.53. The SMILES string of the molecule is O=C1OC(c2ccc(OC(F)(F)F)cc2)=N/C1=C\c1ccc(OC(F)(F)F)cc1. The van der Waals surface area contributed by atoms with Crippen LogP contribution in [0.2, 0.25) is 0 Å². The van der Waals surface area contributed by atoms with Gasteiger partial charge in [0.15, 0.2) is 5.70 Å². The molecule has 5 nitrogen and oxygen atoms in total. The molecule has 0 saturated carbocycles. The fourth-order valence-electron chi connectivity index (χ4n) is 2.26. The predicted octanol–water partition coefficient (Wildman–Crippen LogP) is 4.83. The molecule has 0 amide bonds. The van der Waals surface area contributed by atoms with Crippen molar-refractivity contribution in [2.24, 2.45) is 4.99 Å². The molecule has 0 aliphatic carbocycles. The number of rotatable bonds is 4. The van der Waals surface area contributed by atoms with Crippen molar-refractivity contribution in [3.63, 3.8) is 0 Å². The van der Waals surface area contributed by atoms with Crippen molar-refractivity contribution >= 4 is 17.9 Å². The third kappa shape index (κ3) is 5.74. The second kappa shape index (κ2) is 7.49. The molecule has 0 atom stereocenters. The number of hydrogen-bond acceptors (Lipinski definition) is 5. The molecule has 0 fully saturated rings. The minimum Gasteiger partial charge on any atom is -0.406 e. The molecule has 0 bridgehead atoms. The quantitative estimate of drug-likeness (QED) is 0.406. The van der Waals surface area contributed by atoms with Gasteiger partial charge >= 0.3 is 18.7 Å². The Bertz CT molecular complexity index is 960. The number of carbonyl (C=O) groups is 1. The van der Waals surface area contributed by atoms with Gasteiger partial charge in [0, 0.05) is 5.56 Å². The average molecular weight is 417 g/mol. The molecule has 1 aliphatic heterocycles. The lowest BCUT2D eigenvalue weighted by Crippen LogP contribution is -2.17. The first-order chi connectivity index (χ1) is 13.5. The van der Waals surface area contributed by atoms with E-state index in [9.17, 15) is 31.1 Å². The third-order valence-electron chi connectivity index (χ3n) is 3.37. The van der Waals surface area contributed by atoms with Gasteiger partial charge in [-0.25, -0.2) is 9.79 Å². The first-order valence-electron chi connectivity index (χ1n) is 7.73. The Hall–Kier alpha value is -3.50. The van der Waals surface area contributed by atoms with Crippen molar-refractivity contribution in [1.82, 2.24) is 0 Å². The Balaban J connectivity index is 1.75. The number of ether oxygens (including phenoxy) is 3. The molecule has 3 rings (SSSR count). The van der Waals surface area contributed by atoms with E-state index >= 15 is 0 Å². The van der Waals surface area contributed by atoms with Crippen LogP contribution < -0.4 is 9.47 Å². The van der Waals surface area contributed by atoms with Crippen molar-refractivity contribution in [2.75, 3.05) is 0 Å². The minimum absolute atomic E-state index is 0.139. The lowest BCUT2D eigenvalue weighted by molar-refractivity contribution is -0.275. The van der Waals surface area contributed by atoms with Gasteiger partial charge < -0.3 is 14.2 Å². The summed E-state index contributed by atoms with van der Waals surface area (Å²) in [6.07, 6.45) is -8.39. The van der Waals surface area contributed by atoms with Crippen LogP contribution in [0.15, 0.2) is 59.2 Å². The summed E-state index contributed by atoms with van der Waals surface area (Å²) in [6, 6.07) is 9.17. The first kappa shape index (κ1) is 20.2. The standard InChI is InChI=1S/C18H9F6NO4/c19-17(20,21)28-12-5-1-10(2-6-12)9-14-16(26)27-15(25-14)11-3-7-13(8-4-11)29-18(22,23)24/h1-9H/b14-9-. The van der Waals surface area contributed by atoms with Crippen molar-refractivity contribution in [3.8, 4) is 11.5 Å². The van der Waals surface area contributed by atoms with Crippen molar-refractivity contribution in [1.29, 1.82) is 0 Å². The highest BCUT2D eigenvalue weighted by Gasteiger charge is 2.32. The van der Waals surface area contributed by atoms with E-state index in [2.05, 4.69) is 14.5 Å². The van der Waals surface area contributed by atoms with Crippen LogP contribution in [-0.4, -0.2) is 24.6 Å². The lowest BCUT2D eigenvalue weighted by atomic mass is 10.2. The highest BCUT2D eigenvalue weighted by Crippen LogP contribution is 2.26. The zero-order valence-electron chi connectivity index (χ0n) is 14.0. The van der Waals surface area contributed by atoms with Gasteiger partial charge in [0.1, 0.15) is 11.5 Å². The Labute approximate surface area is 158 Å². The number of nitrogens with zero attached hydrogens (tertiary/aromatic N) is 1. The maximum atomic E-state index is 12.2. The van der Waals surface area contributed by atoms with Gasteiger partial charge in [0.25, 0.3) is 0 Å². The van der Waals surface area contributed by atoms with Crippen LogP contribution >= 0.6 is 0 Å². The number of halogens is 6. The number of hydrogen-bond donors (Lipinski definition) is 0. The summed E-state index contributed by atoms with van der Waals surface area (Å²) in [6.45, 7) is 0. The number of alkyl halides is 6. The molecule has 0 saturated heterocycles. The van der Waals surface area contributed by atoms with Gasteiger partial charge in [0.2, 0.25) is 5.90 Å². The summed E-state index contributed by atoms with van der Waals surface area (Å²) in [7, 11) is 0. The van der Waals surface area contributed by atoms with Crippen LogP contribution in [0.25, 0.3) is 6.08 Å². The van der Waals surface area contributed by atoms with Crippen LogP contribution in [-0.2, 0) is 9.53 Å². The summed E-state index contributed by atoms with van der Waals surface area (Å²) in [5.74, 6) is -1.86. The molecule has 2 aromatic rings. The third-order valence-corrected chi connectivity index (χ3v) is 3.37. The van der Waals surface area contributed by atoms with E-state index < -0.39 is 30.2 Å². The molecular formula is C18H9F6NO4. The van der Waals surface area contributed by atoms with E-state index in [1.54, 1.807) is 0 Å². The molecule has 0 unspecified atom stereocenters. The molecule has 1 heterocycles. The normalized spacial score (nSPS) is 15.9. The van der Waals surface area contributed by atoms with E-state index in [0.717, 1.165) is 24.3 Å². The second-order valence-corrected chi connectivity index (χ2v) is 5.53. The summed E-state index contributed by atoms with van der Waals surface area (Å²) in [4.78, 5) is 15.9. The zero-order chi connectivity index (χ0) is 21.2. The first-order valence-corrected chi connectivity index (χ1v) is 7.73. The number of benzene rings is 2. The maximum absolute atomic E-state index is 12.2. The molecule has 0 radical (unpaired) electrons. The van der Waals surface area contributed by atoms with E-state index in [1.807, 2.05) is 0 Å². The maximum Gasteiger partial charge on any atom is 0.573 e. The van der Waals surface area contributed by atoms with E-state index in [-0.39, 0.29) is 17.2 Å². The Morgan fingerprint density at radius 3 is 1.76 bits per heavy atom. The number of carbonyl (C=O) groups excluding carboxylic acids is 1. The van der Waals surface area contributed by atoms with Crippen LogP contribution in [0.3, 0.4) is 0 Å². The summed E-state index contributed by atoms with van der Waals surface area (Å²) < 4.78 is 85.4. The molecule has 0 spiro atoms. The molecule has 29 heavy (non-hydrogen) atoms. The molecule has 0 aromatic heterocycles. The molecular weight excluding hydrogens is 408 g/mol. The van der Waals surface area contributed by atoms with Gasteiger partial charge in [-0.1, -0.05) is 12.1 Å². The number of esters is 1. The van der Waals surface area contributed by atoms with Gasteiger partial charge in [-0.2, -0.15) is 0 Å². The monoisotopic (exact) mass is 417 g/mol. The lowest BCUT2D eigenvalue weighted by Gasteiger charge is -2.08. The highest BCUT2D eigenvalue weighted by molar-refractivity contribution is 6.12. The van der Waals surface area contributed by atoms with Crippen molar-refractivity contribution < 1.29 is 45.3 Å². The molecule has 152 valence electrons. The Morgan fingerprint density at radius 2 is 1.28 bits per heavy atom. The largest absolute Gasteiger partial charge is 0.573 e. The van der Waals surface area contributed by atoms with Gasteiger partial charge in [0.05, 0.1) is 0 Å². The van der Waals surface area contributed by atoms with E-state index in [0.29, 0.717) is 5.56 Å². The van der Waals surface area contributed by atoms with Crippen molar-refractivity contribution in [3.05, 3.63) is 65.4 Å². The highest BCUT2D eigenvalue weighted by atomic mass is 19.4. The van der Waals surface area contributed by atoms with Crippen molar-refractivity contribution in [2.45, 2.75) is 12.7 Å². The molecule has 2 aromatic carbocycles. The van der Waals surface area contributed by atoms with Crippen LogP contribution in [0.4, 0.5) is 26.3 Å². The fourth-order valence-corrected chi connectivity index (χ4v) is 2.26. The van der Waals surface area contributed by atoms with E-state index in [4.69, 9.17) is 4.74 Å². The smallest absolute Gasteiger partial charge is 0.406 e. The summed E-state index contributed by atoms with van der Waals surface area (Å²) in [5, 5.41) is 0. The average Bonchev–Trinajstić information content (AvgIpc) is 2.95. The minimum atomic E-state index is -4.84. The summed E-state index contributed by atoms with van der Waals surface area (Å²) >= 11 is 0. The van der Waals surface area contributed by atoms with Gasteiger partial charge in [-0.3, -0.25) is 0 Å². The number of cyclic esters (lactones) is 1. The number of aliphatic imine (C=N–C) groups is 1. The zero-order valence-corrected chi connectivity index (χ0v) is 14.0. The summed E-state index contributed by atoms with van der Waals surface area (Å²) in [5.41, 5.74) is 0.440. The van der Waals surface area contributed by atoms with Crippen LogP contribution in [0.1, 0.15) is 11.1 Å². The molecule has 0 N–H and O–H groups in total. The van der Waals surface area contributed by atoms with Crippen LogP contribution in [0, 0.1) is 0 Å². The molecule has 1 aliphatic rings. The van der Waals surface area contributed by atoms with E-state index in [1.165, 1.54) is 30.3 Å². The predicted molar refractivity (Wildman–Crippen MR) is 86.9 cm³/mol. The van der Waals surface area contributed by atoms with Crippen LogP contribution in [0.5, 0.6) is 11.5 Å². The Kier molecular flexibility index (Phi) is 5.23. The topological polar surface area (TPSA) is 57.1 Å². The Morgan fingerprint density at radius 1 is 0.793 bits per heavy atom. The fraction of sp³-hybridized carbons (Fsp3) is 0.111. The van der Waals surface area contributed by atoms with Gasteiger partial charge in [-0.05, 0) is 48.0 Å². The molecule has 11 heteroatoms. The van der Waals surface area contributed by atoms with Gasteiger partial charge in [-0.15, -0.1) is 26.3 Å².